The number of carbonyl (C=O) groups excluding carboxylic acids is 1. The molecule has 1 rings (SSSR count). The molecule has 0 fully saturated rings. The molecule has 0 unspecified atom stereocenters. The lowest BCUT2D eigenvalue weighted by Crippen LogP contribution is -2.36. The third kappa shape index (κ3) is 5.91. The Morgan fingerprint density at radius 3 is 2.83 bits per heavy atom. The highest BCUT2D eigenvalue weighted by Crippen LogP contribution is 2.13. The minimum absolute atomic E-state index is 0.189. The zero-order chi connectivity index (χ0) is 13.4. The molecule has 0 aliphatic carbocycles. The van der Waals surface area contributed by atoms with Crippen LogP contribution in [0.3, 0.4) is 0 Å². The molecule has 0 spiro atoms. The van der Waals surface area contributed by atoms with Gasteiger partial charge in [0.2, 0.25) is 5.91 Å². The molecule has 0 saturated carbocycles. The van der Waals surface area contributed by atoms with Crippen LogP contribution in [-0.4, -0.2) is 35.7 Å². The quantitative estimate of drug-likeness (QED) is 0.663. The summed E-state index contributed by atoms with van der Waals surface area (Å²) in [5.74, 6) is -0.189. The highest BCUT2D eigenvalue weighted by Gasteiger charge is 2.17. The average molecular weight is 340 g/mol. The minimum atomic E-state index is -2.47. The van der Waals surface area contributed by atoms with Gasteiger partial charge in [0.25, 0.3) is 6.43 Å². The third-order valence-electron chi connectivity index (χ3n) is 2.46. The van der Waals surface area contributed by atoms with Gasteiger partial charge < -0.3 is 4.90 Å². The van der Waals surface area contributed by atoms with Crippen LogP contribution < -0.4 is 0 Å². The topological polar surface area (TPSA) is 20.3 Å². The van der Waals surface area contributed by atoms with E-state index in [1.807, 2.05) is 17.5 Å². The number of halogens is 3. The van der Waals surface area contributed by atoms with Crippen molar-refractivity contribution in [1.82, 2.24) is 4.90 Å². The fourth-order valence-corrected chi connectivity index (χ4v) is 2.79. The highest BCUT2D eigenvalue weighted by atomic mass is 79.9. The van der Waals surface area contributed by atoms with Gasteiger partial charge in [-0.15, -0.1) is 11.3 Å². The van der Waals surface area contributed by atoms with Crippen LogP contribution >= 0.6 is 27.3 Å². The second kappa shape index (κ2) is 8.58. The number of rotatable bonds is 8. The standard InChI is InChI=1S/C12H16BrF2NOS/c13-6-7-16(9-11(14)15)12(17)5-1-3-10-4-2-8-18-10/h2,4,8,11H,1,3,5-7,9H2. The number of hydrogen-bond acceptors (Lipinski definition) is 2. The van der Waals surface area contributed by atoms with Gasteiger partial charge in [-0.2, -0.15) is 0 Å². The van der Waals surface area contributed by atoms with Crippen molar-refractivity contribution in [1.29, 1.82) is 0 Å². The van der Waals surface area contributed by atoms with Gasteiger partial charge >= 0.3 is 0 Å². The molecule has 0 aromatic carbocycles. The molecule has 0 bridgehead atoms. The van der Waals surface area contributed by atoms with Crippen molar-refractivity contribution in [2.45, 2.75) is 25.7 Å². The molecule has 0 aliphatic rings. The lowest BCUT2D eigenvalue weighted by Gasteiger charge is -2.21. The van der Waals surface area contributed by atoms with Crippen LogP contribution in [0.15, 0.2) is 17.5 Å². The fraction of sp³-hybridized carbons (Fsp3) is 0.583. The van der Waals surface area contributed by atoms with Crippen molar-refractivity contribution in [3.05, 3.63) is 22.4 Å². The molecule has 1 aromatic rings. The number of hydrogen-bond donors (Lipinski definition) is 0. The molecule has 0 radical (unpaired) electrons. The van der Waals surface area contributed by atoms with Crippen molar-refractivity contribution in [2.24, 2.45) is 0 Å². The van der Waals surface area contributed by atoms with Gasteiger partial charge in [-0.05, 0) is 24.3 Å². The van der Waals surface area contributed by atoms with Crippen molar-refractivity contribution < 1.29 is 13.6 Å². The molecule has 1 amide bonds. The van der Waals surface area contributed by atoms with Crippen LogP contribution in [0, 0.1) is 0 Å². The Balaban J connectivity index is 2.31. The summed E-state index contributed by atoms with van der Waals surface area (Å²) in [5.41, 5.74) is 0. The molecule has 0 aliphatic heterocycles. The summed E-state index contributed by atoms with van der Waals surface area (Å²) in [6.45, 7) is -0.133. The van der Waals surface area contributed by atoms with Gasteiger partial charge in [0.15, 0.2) is 0 Å². The van der Waals surface area contributed by atoms with Crippen LogP contribution in [0.2, 0.25) is 0 Å². The maximum absolute atomic E-state index is 12.3. The number of thiophene rings is 1. The molecular formula is C12H16BrF2NOS. The predicted molar refractivity (Wildman–Crippen MR) is 73.6 cm³/mol. The summed E-state index contributed by atoms with van der Waals surface area (Å²) in [7, 11) is 0. The van der Waals surface area contributed by atoms with Gasteiger partial charge in [-0.1, -0.05) is 22.0 Å². The molecule has 0 N–H and O–H groups in total. The second-order valence-corrected chi connectivity index (χ2v) is 5.68. The van der Waals surface area contributed by atoms with Crippen molar-refractivity contribution >= 4 is 33.2 Å². The zero-order valence-corrected chi connectivity index (χ0v) is 12.4. The van der Waals surface area contributed by atoms with E-state index < -0.39 is 13.0 Å². The third-order valence-corrected chi connectivity index (χ3v) is 3.75. The predicted octanol–water partition coefficient (Wildman–Crippen LogP) is 3.56. The summed E-state index contributed by atoms with van der Waals surface area (Å²) in [5, 5.41) is 2.52. The van der Waals surface area contributed by atoms with E-state index in [1.54, 1.807) is 11.3 Å². The smallest absolute Gasteiger partial charge is 0.255 e. The Labute approximate surface area is 118 Å². The molecule has 1 heterocycles. The van der Waals surface area contributed by atoms with Crippen molar-refractivity contribution in [3.63, 3.8) is 0 Å². The molecule has 0 saturated heterocycles. The van der Waals surface area contributed by atoms with E-state index in [9.17, 15) is 13.6 Å². The van der Waals surface area contributed by atoms with Crippen LogP contribution in [0.4, 0.5) is 8.78 Å². The number of aryl methyl sites for hydroxylation is 1. The number of nitrogens with zero attached hydrogens (tertiary/aromatic N) is 1. The van der Waals surface area contributed by atoms with E-state index in [0.717, 1.165) is 6.42 Å². The van der Waals surface area contributed by atoms with Gasteiger partial charge in [-0.3, -0.25) is 4.79 Å². The Morgan fingerprint density at radius 2 is 2.28 bits per heavy atom. The maximum Gasteiger partial charge on any atom is 0.255 e. The van der Waals surface area contributed by atoms with E-state index in [1.165, 1.54) is 9.78 Å². The molecule has 0 atom stereocenters. The van der Waals surface area contributed by atoms with E-state index in [0.29, 0.717) is 24.7 Å². The first-order chi connectivity index (χ1) is 8.63. The van der Waals surface area contributed by atoms with Gasteiger partial charge in [0, 0.05) is 23.2 Å². The van der Waals surface area contributed by atoms with Gasteiger partial charge in [-0.25, -0.2) is 8.78 Å². The molecular weight excluding hydrogens is 324 g/mol. The number of alkyl halides is 3. The van der Waals surface area contributed by atoms with Crippen molar-refractivity contribution in [2.75, 3.05) is 18.4 Å². The summed E-state index contributed by atoms with van der Waals surface area (Å²) < 4.78 is 24.6. The largest absolute Gasteiger partial charge is 0.336 e. The van der Waals surface area contributed by atoms with E-state index in [-0.39, 0.29) is 5.91 Å². The SMILES string of the molecule is O=C(CCCc1cccs1)N(CCBr)CC(F)F. The summed E-state index contributed by atoms with van der Waals surface area (Å²) in [4.78, 5) is 14.2. The summed E-state index contributed by atoms with van der Waals surface area (Å²) in [6, 6.07) is 3.99. The van der Waals surface area contributed by atoms with Gasteiger partial charge in [0.05, 0.1) is 6.54 Å². The Bertz CT molecular complexity index is 346. The lowest BCUT2D eigenvalue weighted by atomic mass is 10.2. The summed E-state index contributed by atoms with van der Waals surface area (Å²) >= 11 is 4.82. The Hall–Kier alpha value is -0.490. The highest BCUT2D eigenvalue weighted by molar-refractivity contribution is 9.09. The number of amides is 1. The Morgan fingerprint density at radius 1 is 1.50 bits per heavy atom. The van der Waals surface area contributed by atoms with Crippen LogP contribution in [0.5, 0.6) is 0 Å². The first-order valence-electron chi connectivity index (χ1n) is 5.77. The van der Waals surface area contributed by atoms with Crippen LogP contribution in [0.25, 0.3) is 0 Å². The van der Waals surface area contributed by atoms with Crippen LogP contribution in [-0.2, 0) is 11.2 Å². The van der Waals surface area contributed by atoms with E-state index >= 15 is 0 Å². The van der Waals surface area contributed by atoms with Crippen molar-refractivity contribution in [3.8, 4) is 0 Å². The normalized spacial score (nSPS) is 10.9. The summed E-state index contributed by atoms with van der Waals surface area (Å²) in [6.07, 6.45) is -0.593. The zero-order valence-electron chi connectivity index (χ0n) is 9.95. The fourth-order valence-electron chi connectivity index (χ4n) is 1.61. The molecule has 2 nitrogen and oxygen atoms in total. The first-order valence-corrected chi connectivity index (χ1v) is 7.78. The lowest BCUT2D eigenvalue weighted by molar-refractivity contribution is -0.132. The van der Waals surface area contributed by atoms with Gasteiger partial charge in [0.1, 0.15) is 0 Å². The van der Waals surface area contributed by atoms with E-state index in [4.69, 9.17) is 0 Å². The van der Waals surface area contributed by atoms with Crippen LogP contribution in [0.1, 0.15) is 17.7 Å². The Kier molecular flexibility index (Phi) is 7.42. The number of carbonyl (C=O) groups is 1. The van der Waals surface area contributed by atoms with E-state index in [2.05, 4.69) is 15.9 Å². The molecule has 102 valence electrons. The first kappa shape index (κ1) is 15.6. The second-order valence-electron chi connectivity index (χ2n) is 3.85. The minimum Gasteiger partial charge on any atom is -0.336 e. The molecule has 18 heavy (non-hydrogen) atoms. The molecule has 6 heteroatoms. The maximum atomic E-state index is 12.3. The average Bonchev–Trinajstić information content (AvgIpc) is 2.81. The molecule has 1 aromatic heterocycles. The monoisotopic (exact) mass is 339 g/mol.